The van der Waals surface area contributed by atoms with Gasteiger partial charge in [0.15, 0.2) is 0 Å². The molecule has 0 fully saturated rings. The predicted octanol–water partition coefficient (Wildman–Crippen LogP) is 3.21. The van der Waals surface area contributed by atoms with E-state index in [9.17, 15) is 0 Å². The zero-order valence-electron chi connectivity index (χ0n) is 10.4. The highest BCUT2D eigenvalue weighted by atomic mass is 32.1. The van der Waals surface area contributed by atoms with Gasteiger partial charge in [-0.1, -0.05) is 13.0 Å². The Bertz CT molecular complexity index is 433. The third kappa shape index (κ3) is 3.17. The molecule has 0 aliphatic rings. The van der Waals surface area contributed by atoms with Gasteiger partial charge in [0.2, 0.25) is 0 Å². The number of imidazole rings is 1. The van der Waals surface area contributed by atoms with Gasteiger partial charge in [-0.3, -0.25) is 0 Å². The van der Waals surface area contributed by atoms with E-state index in [-0.39, 0.29) is 0 Å². The lowest BCUT2D eigenvalue weighted by Gasteiger charge is -2.13. The molecule has 0 aliphatic carbocycles. The van der Waals surface area contributed by atoms with E-state index < -0.39 is 0 Å². The zero-order valence-corrected chi connectivity index (χ0v) is 11.2. The Morgan fingerprint density at radius 2 is 2.41 bits per heavy atom. The summed E-state index contributed by atoms with van der Waals surface area (Å²) in [6.07, 6.45) is 5.00. The lowest BCUT2D eigenvalue weighted by atomic mass is 10.2. The molecular weight excluding hydrogens is 230 g/mol. The Morgan fingerprint density at radius 1 is 1.53 bits per heavy atom. The summed E-state index contributed by atoms with van der Waals surface area (Å²) < 4.78 is 2.22. The highest BCUT2D eigenvalue weighted by molar-refractivity contribution is 7.10. The van der Waals surface area contributed by atoms with Crippen LogP contribution in [0.3, 0.4) is 0 Å². The average molecular weight is 249 g/mol. The van der Waals surface area contributed by atoms with Gasteiger partial charge >= 0.3 is 0 Å². The second-order valence-electron chi connectivity index (χ2n) is 4.20. The molecule has 1 N–H and O–H groups in total. The monoisotopic (exact) mass is 249 g/mol. The molecule has 2 aromatic heterocycles. The maximum absolute atomic E-state index is 4.21. The second-order valence-corrected chi connectivity index (χ2v) is 5.18. The van der Waals surface area contributed by atoms with Crippen molar-refractivity contribution in [3.63, 3.8) is 0 Å². The molecule has 17 heavy (non-hydrogen) atoms. The standard InChI is InChI=1S/C13H19N3S/c1-3-6-16-10-14-8-12(16)9-15-11(2)13-5-4-7-17-13/h4-5,7-8,10-11,15H,3,6,9H2,1-2H3/t11-/m1/s1. The van der Waals surface area contributed by atoms with E-state index in [1.54, 1.807) is 11.3 Å². The summed E-state index contributed by atoms with van der Waals surface area (Å²) in [5.74, 6) is 0. The molecule has 2 rings (SSSR count). The van der Waals surface area contributed by atoms with E-state index >= 15 is 0 Å². The first-order valence-electron chi connectivity index (χ1n) is 6.07. The van der Waals surface area contributed by atoms with Crippen molar-refractivity contribution in [2.45, 2.75) is 39.4 Å². The van der Waals surface area contributed by atoms with E-state index in [1.165, 1.54) is 10.6 Å². The first kappa shape index (κ1) is 12.3. The number of hydrogen-bond acceptors (Lipinski definition) is 3. The van der Waals surface area contributed by atoms with Crippen molar-refractivity contribution >= 4 is 11.3 Å². The first-order chi connectivity index (χ1) is 8.31. The van der Waals surface area contributed by atoms with Gasteiger partial charge in [-0.05, 0) is 24.8 Å². The number of nitrogens with one attached hydrogen (secondary N) is 1. The molecule has 0 saturated heterocycles. The van der Waals surface area contributed by atoms with E-state index in [2.05, 4.69) is 46.2 Å². The second kappa shape index (κ2) is 5.98. The minimum atomic E-state index is 0.403. The highest BCUT2D eigenvalue weighted by Crippen LogP contribution is 2.18. The lowest BCUT2D eigenvalue weighted by Crippen LogP contribution is -2.19. The molecule has 0 amide bonds. The van der Waals surface area contributed by atoms with Crippen LogP contribution in [-0.2, 0) is 13.1 Å². The van der Waals surface area contributed by atoms with Gasteiger partial charge in [0, 0.05) is 30.2 Å². The van der Waals surface area contributed by atoms with Crippen molar-refractivity contribution in [3.05, 3.63) is 40.6 Å². The molecular formula is C13H19N3S. The molecule has 0 aliphatic heterocycles. The van der Waals surface area contributed by atoms with Crippen LogP contribution in [0.15, 0.2) is 30.0 Å². The van der Waals surface area contributed by atoms with Crippen LogP contribution in [0, 0.1) is 0 Å². The fourth-order valence-corrected chi connectivity index (χ4v) is 2.59. The van der Waals surface area contributed by atoms with Crippen LogP contribution < -0.4 is 5.32 Å². The molecule has 3 nitrogen and oxygen atoms in total. The number of thiophene rings is 1. The zero-order chi connectivity index (χ0) is 12.1. The number of rotatable bonds is 6. The van der Waals surface area contributed by atoms with Crippen LogP contribution in [0.5, 0.6) is 0 Å². The number of aryl methyl sites for hydroxylation is 1. The van der Waals surface area contributed by atoms with E-state index in [0.717, 1.165) is 19.5 Å². The van der Waals surface area contributed by atoms with Gasteiger partial charge in [0.05, 0.1) is 12.0 Å². The minimum Gasteiger partial charge on any atom is -0.333 e. The third-order valence-corrected chi connectivity index (χ3v) is 3.88. The smallest absolute Gasteiger partial charge is 0.0948 e. The van der Waals surface area contributed by atoms with Crippen LogP contribution in [0.2, 0.25) is 0 Å². The number of aromatic nitrogens is 2. The normalized spacial score (nSPS) is 12.8. The Kier molecular flexibility index (Phi) is 4.34. The fourth-order valence-electron chi connectivity index (χ4n) is 1.83. The largest absolute Gasteiger partial charge is 0.333 e. The van der Waals surface area contributed by atoms with Gasteiger partial charge in [0.1, 0.15) is 0 Å². The molecule has 0 bridgehead atoms. The van der Waals surface area contributed by atoms with Gasteiger partial charge in [-0.25, -0.2) is 4.98 Å². The maximum Gasteiger partial charge on any atom is 0.0948 e. The molecule has 0 radical (unpaired) electrons. The summed E-state index contributed by atoms with van der Waals surface area (Å²) in [5, 5.41) is 5.66. The topological polar surface area (TPSA) is 29.9 Å². The molecule has 1 atom stereocenters. The van der Waals surface area contributed by atoms with Gasteiger partial charge in [-0.15, -0.1) is 11.3 Å². The third-order valence-electron chi connectivity index (χ3n) is 2.82. The average Bonchev–Trinajstić information content (AvgIpc) is 2.97. The van der Waals surface area contributed by atoms with Crippen LogP contribution in [-0.4, -0.2) is 9.55 Å². The molecule has 0 unspecified atom stereocenters. The molecule has 0 aromatic carbocycles. The molecule has 4 heteroatoms. The van der Waals surface area contributed by atoms with Crippen molar-refractivity contribution in [1.29, 1.82) is 0 Å². The van der Waals surface area contributed by atoms with Crippen LogP contribution in [0.1, 0.15) is 36.9 Å². The fraction of sp³-hybridized carbons (Fsp3) is 0.462. The van der Waals surface area contributed by atoms with E-state index in [1.807, 2.05) is 12.5 Å². The lowest BCUT2D eigenvalue weighted by molar-refractivity contribution is 0.547. The predicted molar refractivity (Wildman–Crippen MR) is 72.1 cm³/mol. The Hall–Kier alpha value is -1.13. The van der Waals surface area contributed by atoms with Crippen molar-refractivity contribution in [2.75, 3.05) is 0 Å². The van der Waals surface area contributed by atoms with Crippen LogP contribution in [0.25, 0.3) is 0 Å². The Labute approximate surface area is 107 Å². The van der Waals surface area contributed by atoms with Crippen LogP contribution in [0.4, 0.5) is 0 Å². The molecule has 2 aromatic rings. The van der Waals surface area contributed by atoms with E-state index in [4.69, 9.17) is 0 Å². The van der Waals surface area contributed by atoms with Gasteiger partial charge in [0.25, 0.3) is 0 Å². The van der Waals surface area contributed by atoms with E-state index in [0.29, 0.717) is 6.04 Å². The molecule has 0 spiro atoms. The molecule has 92 valence electrons. The molecule has 0 saturated carbocycles. The van der Waals surface area contributed by atoms with Gasteiger partial charge < -0.3 is 9.88 Å². The van der Waals surface area contributed by atoms with Crippen molar-refractivity contribution < 1.29 is 0 Å². The highest BCUT2D eigenvalue weighted by Gasteiger charge is 2.07. The Balaban J connectivity index is 1.91. The summed E-state index contributed by atoms with van der Waals surface area (Å²) in [5.41, 5.74) is 1.26. The minimum absolute atomic E-state index is 0.403. The first-order valence-corrected chi connectivity index (χ1v) is 6.95. The van der Waals surface area contributed by atoms with Crippen molar-refractivity contribution in [2.24, 2.45) is 0 Å². The summed E-state index contributed by atoms with van der Waals surface area (Å²) in [7, 11) is 0. The maximum atomic E-state index is 4.21. The summed E-state index contributed by atoms with van der Waals surface area (Å²) >= 11 is 1.80. The summed E-state index contributed by atoms with van der Waals surface area (Å²) in [4.78, 5) is 5.59. The quantitative estimate of drug-likeness (QED) is 0.852. The van der Waals surface area contributed by atoms with Crippen LogP contribution >= 0.6 is 11.3 Å². The summed E-state index contributed by atoms with van der Waals surface area (Å²) in [6.45, 7) is 6.31. The molecule has 2 heterocycles. The van der Waals surface area contributed by atoms with Gasteiger partial charge in [-0.2, -0.15) is 0 Å². The summed E-state index contributed by atoms with van der Waals surface area (Å²) in [6, 6.07) is 4.67. The number of nitrogens with zero attached hydrogens (tertiary/aromatic N) is 2. The van der Waals surface area contributed by atoms with Crippen molar-refractivity contribution in [1.82, 2.24) is 14.9 Å². The SMILES string of the molecule is CCCn1cncc1CN[C@H](C)c1cccs1. The van der Waals surface area contributed by atoms with Crippen molar-refractivity contribution in [3.8, 4) is 0 Å². The Morgan fingerprint density at radius 3 is 3.12 bits per heavy atom. The number of hydrogen-bond donors (Lipinski definition) is 1.